The van der Waals surface area contributed by atoms with Gasteiger partial charge in [-0.25, -0.2) is 0 Å². The Kier molecular flexibility index (Phi) is 5.24. The third-order valence-electron chi connectivity index (χ3n) is 2.59. The summed E-state index contributed by atoms with van der Waals surface area (Å²) < 4.78 is 0. The third kappa shape index (κ3) is 3.49. The van der Waals surface area contributed by atoms with Crippen molar-refractivity contribution in [2.24, 2.45) is 17.4 Å². The molecule has 1 unspecified atom stereocenters. The predicted octanol–water partition coefficient (Wildman–Crippen LogP) is -0.382. The Balaban J connectivity index is 4.59. The van der Waals surface area contributed by atoms with Crippen molar-refractivity contribution in [3.63, 3.8) is 0 Å². The van der Waals surface area contributed by atoms with Gasteiger partial charge in [0.2, 0.25) is 0 Å². The Hall–Kier alpha value is -1.14. The highest BCUT2D eigenvalue weighted by Gasteiger charge is 2.43. The second kappa shape index (κ2) is 5.67. The van der Waals surface area contributed by atoms with Crippen molar-refractivity contribution in [1.29, 1.82) is 0 Å². The van der Waals surface area contributed by atoms with Gasteiger partial charge in [-0.2, -0.15) is 0 Å². The minimum absolute atomic E-state index is 0.118. The first-order valence-electron chi connectivity index (χ1n) is 4.81. The summed E-state index contributed by atoms with van der Waals surface area (Å²) in [7, 11) is 0. The van der Waals surface area contributed by atoms with Crippen LogP contribution in [0.1, 0.15) is 26.2 Å². The monoisotopic (exact) mass is 218 g/mol. The first-order valence-corrected chi connectivity index (χ1v) is 4.81. The Labute approximate surface area is 88.3 Å². The molecular weight excluding hydrogens is 200 g/mol. The van der Waals surface area contributed by atoms with Crippen LogP contribution in [0.5, 0.6) is 0 Å². The maximum Gasteiger partial charge on any atom is 0.324 e. The fourth-order valence-corrected chi connectivity index (χ4v) is 1.29. The van der Waals surface area contributed by atoms with Gasteiger partial charge in [-0.15, -0.1) is 0 Å². The molecule has 0 amide bonds. The first kappa shape index (κ1) is 13.9. The molecule has 2 atom stereocenters. The molecular formula is C9H18N2O4. The van der Waals surface area contributed by atoms with Crippen LogP contribution < -0.4 is 11.5 Å². The van der Waals surface area contributed by atoms with E-state index in [0.29, 0.717) is 19.4 Å². The molecule has 0 spiro atoms. The van der Waals surface area contributed by atoms with Gasteiger partial charge in [0.05, 0.1) is 5.92 Å². The summed E-state index contributed by atoms with van der Waals surface area (Å²) >= 11 is 0. The fourth-order valence-electron chi connectivity index (χ4n) is 1.29. The number of carboxylic acids is 2. The van der Waals surface area contributed by atoms with E-state index in [9.17, 15) is 9.59 Å². The van der Waals surface area contributed by atoms with E-state index >= 15 is 0 Å². The van der Waals surface area contributed by atoms with Gasteiger partial charge in [0.25, 0.3) is 0 Å². The summed E-state index contributed by atoms with van der Waals surface area (Å²) in [5, 5.41) is 17.7. The quantitative estimate of drug-likeness (QED) is 0.431. The summed E-state index contributed by atoms with van der Waals surface area (Å²) in [6.45, 7) is 1.75. The smallest absolute Gasteiger partial charge is 0.324 e. The topological polar surface area (TPSA) is 127 Å². The van der Waals surface area contributed by atoms with E-state index in [1.165, 1.54) is 6.92 Å². The van der Waals surface area contributed by atoms with Crippen molar-refractivity contribution in [1.82, 2.24) is 0 Å². The molecule has 6 heteroatoms. The van der Waals surface area contributed by atoms with E-state index in [1.54, 1.807) is 0 Å². The molecule has 0 aromatic rings. The number of carbonyl (C=O) groups is 2. The van der Waals surface area contributed by atoms with E-state index in [-0.39, 0.29) is 6.42 Å². The Bertz CT molecular complexity index is 244. The van der Waals surface area contributed by atoms with Crippen LogP contribution in [0.3, 0.4) is 0 Å². The van der Waals surface area contributed by atoms with Gasteiger partial charge in [-0.05, 0) is 32.7 Å². The molecule has 0 aliphatic heterocycles. The molecule has 0 aromatic heterocycles. The van der Waals surface area contributed by atoms with Crippen LogP contribution in [0.2, 0.25) is 0 Å². The Morgan fingerprint density at radius 3 is 2.20 bits per heavy atom. The second-order valence-corrected chi connectivity index (χ2v) is 3.65. The molecule has 0 aliphatic rings. The van der Waals surface area contributed by atoms with Gasteiger partial charge in [0, 0.05) is 0 Å². The molecule has 0 heterocycles. The van der Waals surface area contributed by atoms with Crippen molar-refractivity contribution in [3.05, 3.63) is 0 Å². The normalized spacial score (nSPS) is 16.7. The number of aliphatic carboxylic acids is 2. The van der Waals surface area contributed by atoms with E-state index < -0.39 is 23.4 Å². The van der Waals surface area contributed by atoms with Crippen molar-refractivity contribution in [2.75, 3.05) is 6.54 Å². The highest BCUT2D eigenvalue weighted by Crippen LogP contribution is 2.22. The third-order valence-corrected chi connectivity index (χ3v) is 2.59. The highest BCUT2D eigenvalue weighted by atomic mass is 16.4. The number of carboxylic acid groups (broad SMARTS) is 2. The largest absolute Gasteiger partial charge is 0.481 e. The fraction of sp³-hybridized carbons (Fsp3) is 0.778. The highest BCUT2D eigenvalue weighted by molar-refractivity contribution is 5.86. The van der Waals surface area contributed by atoms with Gasteiger partial charge < -0.3 is 21.7 Å². The molecule has 6 nitrogen and oxygen atoms in total. The Morgan fingerprint density at radius 2 is 1.87 bits per heavy atom. The molecule has 88 valence electrons. The van der Waals surface area contributed by atoms with Gasteiger partial charge in [0.15, 0.2) is 0 Å². The molecule has 0 aromatic carbocycles. The number of hydrogen-bond donors (Lipinski definition) is 4. The summed E-state index contributed by atoms with van der Waals surface area (Å²) in [6.07, 6.45) is 1.27. The first-order chi connectivity index (χ1) is 6.86. The van der Waals surface area contributed by atoms with Crippen LogP contribution >= 0.6 is 0 Å². The van der Waals surface area contributed by atoms with Crippen LogP contribution in [0.4, 0.5) is 0 Å². The zero-order valence-electron chi connectivity index (χ0n) is 8.77. The maximum absolute atomic E-state index is 10.9. The predicted molar refractivity (Wildman–Crippen MR) is 54.3 cm³/mol. The zero-order valence-corrected chi connectivity index (χ0v) is 8.77. The van der Waals surface area contributed by atoms with Crippen LogP contribution in [0, 0.1) is 5.92 Å². The number of nitrogens with two attached hydrogens (primary N) is 2. The van der Waals surface area contributed by atoms with Crippen molar-refractivity contribution in [3.8, 4) is 0 Å². The molecule has 6 N–H and O–H groups in total. The lowest BCUT2D eigenvalue weighted by Gasteiger charge is -2.28. The summed E-state index contributed by atoms with van der Waals surface area (Å²) in [5.41, 5.74) is 9.16. The molecule has 15 heavy (non-hydrogen) atoms. The average Bonchev–Trinajstić information content (AvgIpc) is 2.16. The molecule has 0 saturated carbocycles. The molecule has 0 fully saturated rings. The number of unbranched alkanes of at least 4 members (excludes halogenated alkanes) is 1. The molecule has 0 radical (unpaired) electrons. The molecule has 0 rings (SSSR count). The number of hydrogen-bond acceptors (Lipinski definition) is 4. The zero-order chi connectivity index (χ0) is 12.1. The minimum Gasteiger partial charge on any atom is -0.481 e. The molecule has 0 bridgehead atoms. The van der Waals surface area contributed by atoms with Crippen LogP contribution in [-0.4, -0.2) is 34.2 Å². The lowest BCUT2D eigenvalue weighted by molar-refractivity contribution is -0.155. The second-order valence-electron chi connectivity index (χ2n) is 3.65. The van der Waals surface area contributed by atoms with Gasteiger partial charge in [0.1, 0.15) is 5.54 Å². The summed E-state index contributed by atoms with van der Waals surface area (Å²) in [6, 6.07) is 0. The van der Waals surface area contributed by atoms with Crippen LogP contribution in [0.25, 0.3) is 0 Å². The lowest BCUT2D eigenvalue weighted by atomic mass is 9.81. The summed E-state index contributed by atoms with van der Waals surface area (Å²) in [4.78, 5) is 21.7. The van der Waals surface area contributed by atoms with E-state index in [0.717, 1.165) is 0 Å². The summed E-state index contributed by atoms with van der Waals surface area (Å²) in [5.74, 6) is -3.60. The van der Waals surface area contributed by atoms with E-state index in [1.807, 2.05) is 0 Å². The van der Waals surface area contributed by atoms with E-state index in [2.05, 4.69) is 0 Å². The molecule has 0 saturated heterocycles. The van der Waals surface area contributed by atoms with Crippen molar-refractivity contribution < 1.29 is 19.8 Å². The Morgan fingerprint density at radius 1 is 1.33 bits per heavy atom. The van der Waals surface area contributed by atoms with Crippen molar-refractivity contribution in [2.45, 2.75) is 31.7 Å². The van der Waals surface area contributed by atoms with Gasteiger partial charge in [-0.1, -0.05) is 0 Å². The lowest BCUT2D eigenvalue weighted by Crippen LogP contribution is -2.55. The number of rotatable bonds is 7. The van der Waals surface area contributed by atoms with Crippen LogP contribution in [-0.2, 0) is 9.59 Å². The molecule has 0 aliphatic carbocycles. The SMILES string of the molecule is CC(C(=O)O)[C@](N)(CCCCN)C(=O)O. The standard InChI is InChI=1S/C9H18N2O4/c1-6(7(12)13)9(11,8(14)15)4-2-3-5-10/h6H,2-5,10-11H2,1H3,(H,12,13)(H,14,15)/t6?,9-/m1/s1. The van der Waals surface area contributed by atoms with Crippen LogP contribution in [0.15, 0.2) is 0 Å². The average molecular weight is 218 g/mol. The van der Waals surface area contributed by atoms with Gasteiger partial charge >= 0.3 is 11.9 Å². The van der Waals surface area contributed by atoms with E-state index in [4.69, 9.17) is 21.7 Å². The van der Waals surface area contributed by atoms with Gasteiger partial charge in [-0.3, -0.25) is 9.59 Å². The maximum atomic E-state index is 10.9. The minimum atomic E-state index is -1.71. The van der Waals surface area contributed by atoms with Crippen molar-refractivity contribution >= 4 is 11.9 Å².